The van der Waals surface area contributed by atoms with Crippen LogP contribution in [-0.4, -0.2) is 26.2 Å². The molecule has 1 aliphatic carbocycles. The smallest absolute Gasteiger partial charge is 0.333 e. The second-order valence-corrected chi connectivity index (χ2v) is 5.07. The van der Waals surface area contributed by atoms with Crippen molar-refractivity contribution in [2.45, 2.75) is 51.9 Å². The Morgan fingerprint density at radius 2 is 2.06 bits per heavy atom. The van der Waals surface area contributed by atoms with Crippen LogP contribution in [-0.2, 0) is 9.53 Å². The lowest BCUT2D eigenvalue weighted by molar-refractivity contribution is -0.136. The minimum atomic E-state index is -0.202. The molecule has 0 radical (unpaired) electrons. The van der Waals surface area contributed by atoms with Crippen LogP contribution in [0.4, 0.5) is 0 Å². The number of methoxy groups -OCH3 is 1. The quantitative estimate of drug-likeness (QED) is 0.430. The van der Waals surface area contributed by atoms with Crippen molar-refractivity contribution in [3.63, 3.8) is 0 Å². The first kappa shape index (κ1) is 15.2. The number of carbonyl (C=O) groups excluding carboxylic acids is 1. The average molecular weight is 253 g/mol. The van der Waals surface area contributed by atoms with Crippen molar-refractivity contribution in [3.8, 4) is 0 Å². The Morgan fingerprint density at radius 3 is 2.67 bits per heavy atom. The average Bonchev–Trinajstić information content (AvgIpc) is 2.43. The number of ether oxygens (including phenoxy) is 1. The monoisotopic (exact) mass is 253 g/mol. The van der Waals surface area contributed by atoms with Gasteiger partial charge in [-0.25, -0.2) is 4.79 Å². The summed E-state index contributed by atoms with van der Waals surface area (Å²) in [5.41, 5.74) is 0.766. The summed E-state index contributed by atoms with van der Waals surface area (Å²) in [6.45, 7) is 3.80. The van der Waals surface area contributed by atoms with Gasteiger partial charge in [-0.15, -0.1) is 0 Å². The van der Waals surface area contributed by atoms with Gasteiger partial charge in [-0.2, -0.15) is 0 Å². The zero-order chi connectivity index (χ0) is 13.2. The molecule has 18 heavy (non-hydrogen) atoms. The molecule has 0 bridgehead atoms. The van der Waals surface area contributed by atoms with Crippen LogP contribution in [0.5, 0.6) is 0 Å². The number of carbonyl (C=O) groups is 1. The van der Waals surface area contributed by atoms with E-state index in [1.54, 1.807) is 0 Å². The van der Waals surface area contributed by atoms with Gasteiger partial charge in [0.25, 0.3) is 0 Å². The maximum Gasteiger partial charge on any atom is 0.333 e. The number of nitrogens with one attached hydrogen (secondary N) is 1. The van der Waals surface area contributed by atoms with Crippen molar-refractivity contribution in [1.82, 2.24) is 5.32 Å². The van der Waals surface area contributed by atoms with Gasteiger partial charge in [-0.05, 0) is 25.3 Å². The largest absolute Gasteiger partial charge is 0.466 e. The molecule has 0 aromatic heterocycles. The summed E-state index contributed by atoms with van der Waals surface area (Å²) < 4.78 is 4.72. The third-order valence-electron chi connectivity index (χ3n) is 3.78. The first-order valence-corrected chi connectivity index (χ1v) is 7.26. The van der Waals surface area contributed by atoms with Gasteiger partial charge in [0.2, 0.25) is 0 Å². The van der Waals surface area contributed by atoms with E-state index < -0.39 is 0 Å². The Bertz CT molecular complexity index is 268. The van der Waals surface area contributed by atoms with Crippen molar-refractivity contribution in [1.29, 1.82) is 0 Å². The van der Waals surface area contributed by atoms with E-state index in [9.17, 15) is 4.79 Å². The highest BCUT2D eigenvalue weighted by Gasteiger charge is 2.12. The lowest BCUT2D eigenvalue weighted by atomic mass is 9.87. The van der Waals surface area contributed by atoms with Crippen molar-refractivity contribution >= 4 is 5.97 Å². The minimum absolute atomic E-state index is 0.202. The molecule has 0 spiro atoms. The summed E-state index contributed by atoms with van der Waals surface area (Å²) in [4.78, 5) is 11.3. The van der Waals surface area contributed by atoms with Crippen LogP contribution in [0.15, 0.2) is 11.6 Å². The van der Waals surface area contributed by atoms with Crippen LogP contribution >= 0.6 is 0 Å². The predicted molar refractivity (Wildman–Crippen MR) is 74.5 cm³/mol. The van der Waals surface area contributed by atoms with Gasteiger partial charge in [0, 0.05) is 12.1 Å². The van der Waals surface area contributed by atoms with Gasteiger partial charge in [0.1, 0.15) is 0 Å². The van der Waals surface area contributed by atoms with Crippen LogP contribution in [0.2, 0.25) is 0 Å². The van der Waals surface area contributed by atoms with E-state index in [-0.39, 0.29) is 5.97 Å². The van der Waals surface area contributed by atoms with E-state index in [4.69, 9.17) is 4.74 Å². The number of rotatable bonds is 7. The lowest BCUT2D eigenvalue weighted by Gasteiger charge is -2.21. The zero-order valence-corrected chi connectivity index (χ0v) is 11.8. The van der Waals surface area contributed by atoms with Crippen molar-refractivity contribution in [3.05, 3.63) is 11.6 Å². The van der Waals surface area contributed by atoms with Crippen LogP contribution in [0, 0.1) is 5.92 Å². The number of hydrogen-bond donors (Lipinski definition) is 1. The molecule has 0 aliphatic heterocycles. The topological polar surface area (TPSA) is 38.3 Å². The highest BCUT2D eigenvalue weighted by atomic mass is 16.5. The highest BCUT2D eigenvalue weighted by Crippen LogP contribution is 2.25. The van der Waals surface area contributed by atoms with Gasteiger partial charge in [-0.3, -0.25) is 0 Å². The van der Waals surface area contributed by atoms with E-state index in [1.165, 1.54) is 45.6 Å². The van der Waals surface area contributed by atoms with E-state index in [0.29, 0.717) is 0 Å². The van der Waals surface area contributed by atoms with E-state index >= 15 is 0 Å². The Morgan fingerprint density at radius 1 is 1.33 bits per heavy atom. The van der Waals surface area contributed by atoms with E-state index in [2.05, 4.69) is 5.32 Å². The molecule has 0 aromatic rings. The maximum atomic E-state index is 11.3. The lowest BCUT2D eigenvalue weighted by Crippen LogP contribution is -2.20. The summed E-state index contributed by atoms with van der Waals surface area (Å²) in [6.07, 6.45) is 11.0. The third-order valence-corrected chi connectivity index (χ3v) is 3.78. The molecule has 0 heterocycles. The second-order valence-electron chi connectivity index (χ2n) is 5.07. The van der Waals surface area contributed by atoms with E-state index in [0.717, 1.165) is 31.0 Å². The summed E-state index contributed by atoms with van der Waals surface area (Å²) in [7, 11) is 1.43. The molecule has 0 atom stereocenters. The first-order chi connectivity index (χ1) is 8.77. The summed E-state index contributed by atoms with van der Waals surface area (Å²) in [5, 5.41) is 3.39. The number of hydrogen-bond acceptors (Lipinski definition) is 3. The second kappa shape index (κ2) is 9.15. The van der Waals surface area contributed by atoms with Gasteiger partial charge in [0.05, 0.1) is 7.11 Å². The summed E-state index contributed by atoms with van der Waals surface area (Å²) in [6, 6.07) is 0. The molecule has 3 nitrogen and oxygen atoms in total. The fraction of sp³-hybridized carbons (Fsp3) is 0.800. The van der Waals surface area contributed by atoms with Crippen LogP contribution in [0.25, 0.3) is 0 Å². The molecule has 1 saturated carbocycles. The van der Waals surface area contributed by atoms with Crippen molar-refractivity contribution < 1.29 is 9.53 Å². The molecule has 1 N–H and O–H groups in total. The molecule has 1 aliphatic rings. The Hall–Kier alpha value is -0.830. The molecular weight excluding hydrogens is 226 g/mol. The van der Waals surface area contributed by atoms with Crippen LogP contribution in [0.1, 0.15) is 51.9 Å². The molecular formula is C15H27NO2. The molecule has 104 valence electrons. The van der Waals surface area contributed by atoms with Crippen LogP contribution in [0.3, 0.4) is 0 Å². The molecule has 0 unspecified atom stereocenters. The Balaban J connectivity index is 2.12. The van der Waals surface area contributed by atoms with E-state index in [1.807, 2.05) is 13.0 Å². The predicted octanol–water partition coefficient (Wildman–Crippen LogP) is 3.06. The SMILES string of the molecule is CCC(=CCNCCC1CCCCC1)C(=O)OC. The fourth-order valence-corrected chi connectivity index (χ4v) is 2.58. The first-order valence-electron chi connectivity index (χ1n) is 7.26. The standard InChI is InChI=1S/C15H27NO2/c1-3-14(15(17)18-2)10-12-16-11-9-13-7-5-4-6-8-13/h10,13,16H,3-9,11-12H2,1-2H3. The number of esters is 1. The molecule has 0 saturated heterocycles. The van der Waals surface area contributed by atoms with Gasteiger partial charge in [-0.1, -0.05) is 45.1 Å². The van der Waals surface area contributed by atoms with Crippen molar-refractivity contribution in [2.75, 3.05) is 20.2 Å². The Labute approximate surface area is 111 Å². The summed E-state index contributed by atoms with van der Waals surface area (Å²) in [5.74, 6) is 0.716. The molecule has 0 amide bonds. The van der Waals surface area contributed by atoms with Crippen molar-refractivity contribution in [2.24, 2.45) is 5.92 Å². The van der Waals surface area contributed by atoms with Gasteiger partial charge in [0.15, 0.2) is 0 Å². The zero-order valence-electron chi connectivity index (χ0n) is 11.8. The summed E-state index contributed by atoms with van der Waals surface area (Å²) >= 11 is 0. The minimum Gasteiger partial charge on any atom is -0.466 e. The maximum absolute atomic E-state index is 11.3. The highest BCUT2D eigenvalue weighted by molar-refractivity contribution is 5.88. The normalized spacial score (nSPS) is 17.8. The molecule has 1 rings (SSSR count). The molecule has 3 heteroatoms. The molecule has 0 aromatic carbocycles. The molecule has 1 fully saturated rings. The van der Waals surface area contributed by atoms with Gasteiger partial charge >= 0.3 is 5.97 Å². The Kier molecular flexibility index (Phi) is 7.74. The third kappa shape index (κ3) is 5.67. The van der Waals surface area contributed by atoms with Crippen LogP contribution < -0.4 is 5.32 Å². The fourth-order valence-electron chi connectivity index (χ4n) is 2.58. The van der Waals surface area contributed by atoms with Gasteiger partial charge < -0.3 is 10.1 Å².